The van der Waals surface area contributed by atoms with E-state index in [9.17, 15) is 0 Å². The summed E-state index contributed by atoms with van der Waals surface area (Å²) in [7, 11) is 4.91. The predicted octanol–water partition coefficient (Wildman–Crippen LogP) is -0.214. The third-order valence-electron chi connectivity index (χ3n) is 2.83. The van der Waals surface area contributed by atoms with E-state index in [2.05, 4.69) is 0 Å². The highest BCUT2D eigenvalue weighted by Gasteiger charge is 2.51. The van der Waals surface area contributed by atoms with Crippen molar-refractivity contribution in [1.29, 1.82) is 0 Å². The van der Waals surface area contributed by atoms with Crippen LogP contribution < -0.4 is 0 Å². The van der Waals surface area contributed by atoms with Crippen molar-refractivity contribution in [2.45, 2.75) is 30.7 Å². The second-order valence-corrected chi connectivity index (χ2v) is 3.48. The maximum absolute atomic E-state index is 5.58. The first-order chi connectivity index (χ1) is 6.81. The first-order valence-electron chi connectivity index (χ1n) is 4.67. The molecular formula is C9H16O5. The number of rotatable bonds is 3. The van der Waals surface area contributed by atoms with Gasteiger partial charge in [-0.25, -0.2) is 0 Å². The van der Waals surface area contributed by atoms with E-state index in [-0.39, 0.29) is 30.7 Å². The van der Waals surface area contributed by atoms with Crippen LogP contribution in [-0.4, -0.2) is 58.6 Å². The Morgan fingerprint density at radius 1 is 0.929 bits per heavy atom. The van der Waals surface area contributed by atoms with Crippen LogP contribution in [0.4, 0.5) is 0 Å². The molecule has 82 valence electrons. The summed E-state index contributed by atoms with van der Waals surface area (Å²) in [5, 5.41) is 0. The third-order valence-corrected chi connectivity index (χ3v) is 2.83. The molecule has 0 unspecified atom stereocenters. The van der Waals surface area contributed by atoms with Crippen molar-refractivity contribution >= 4 is 0 Å². The topological polar surface area (TPSA) is 46.2 Å². The van der Waals surface area contributed by atoms with Gasteiger partial charge in [-0.3, -0.25) is 0 Å². The standard InChI is InChI=1S/C9H16O5/c1-10-6-5-4-13-9(14-5)8(12-3)7(6)11-2/h5-9H,4H2,1-3H3/t5-,6-,7-,8-,9+/m1/s1. The summed E-state index contributed by atoms with van der Waals surface area (Å²) in [5.41, 5.74) is 0. The van der Waals surface area contributed by atoms with Gasteiger partial charge in [-0.1, -0.05) is 0 Å². The van der Waals surface area contributed by atoms with Crippen molar-refractivity contribution in [3.05, 3.63) is 0 Å². The van der Waals surface area contributed by atoms with E-state index in [1.807, 2.05) is 0 Å². The summed E-state index contributed by atoms with van der Waals surface area (Å²) in [5.74, 6) is 0. The van der Waals surface area contributed by atoms with Crippen molar-refractivity contribution in [3.8, 4) is 0 Å². The summed E-state index contributed by atoms with van der Waals surface area (Å²) in [6, 6.07) is 0. The van der Waals surface area contributed by atoms with E-state index in [1.165, 1.54) is 0 Å². The van der Waals surface area contributed by atoms with Crippen LogP contribution in [0, 0.1) is 0 Å². The van der Waals surface area contributed by atoms with Crippen LogP contribution in [-0.2, 0) is 23.7 Å². The fourth-order valence-corrected chi connectivity index (χ4v) is 2.14. The largest absolute Gasteiger partial charge is 0.376 e. The van der Waals surface area contributed by atoms with Gasteiger partial charge in [-0.15, -0.1) is 0 Å². The second-order valence-electron chi connectivity index (χ2n) is 3.48. The molecule has 0 aromatic rings. The molecule has 2 saturated heterocycles. The molecule has 2 rings (SSSR count). The van der Waals surface area contributed by atoms with Gasteiger partial charge < -0.3 is 23.7 Å². The quantitative estimate of drug-likeness (QED) is 0.636. The van der Waals surface area contributed by atoms with Crippen LogP contribution in [0.15, 0.2) is 0 Å². The molecule has 0 aromatic heterocycles. The summed E-state index contributed by atoms with van der Waals surface area (Å²) in [6.45, 7) is 0.545. The van der Waals surface area contributed by atoms with Crippen molar-refractivity contribution in [2.24, 2.45) is 0 Å². The molecule has 5 nitrogen and oxygen atoms in total. The van der Waals surface area contributed by atoms with Crippen LogP contribution in [0.25, 0.3) is 0 Å². The van der Waals surface area contributed by atoms with Gasteiger partial charge >= 0.3 is 0 Å². The first kappa shape index (κ1) is 10.3. The van der Waals surface area contributed by atoms with E-state index >= 15 is 0 Å². The van der Waals surface area contributed by atoms with Gasteiger partial charge in [0.05, 0.1) is 6.61 Å². The molecule has 0 amide bonds. The maximum atomic E-state index is 5.58. The van der Waals surface area contributed by atoms with Crippen LogP contribution >= 0.6 is 0 Å². The number of ether oxygens (including phenoxy) is 5. The van der Waals surface area contributed by atoms with Crippen LogP contribution in [0.3, 0.4) is 0 Å². The van der Waals surface area contributed by atoms with Crippen molar-refractivity contribution < 1.29 is 23.7 Å². The molecule has 0 saturated carbocycles. The Bertz CT molecular complexity index is 180. The molecule has 0 radical (unpaired) electrons. The average molecular weight is 204 g/mol. The summed E-state index contributed by atoms with van der Waals surface area (Å²) in [4.78, 5) is 0. The van der Waals surface area contributed by atoms with Gasteiger partial charge in [0.25, 0.3) is 0 Å². The monoisotopic (exact) mass is 204 g/mol. The first-order valence-corrected chi connectivity index (χ1v) is 4.67. The molecule has 5 atom stereocenters. The van der Waals surface area contributed by atoms with Gasteiger partial charge in [0.1, 0.15) is 24.4 Å². The molecule has 2 aliphatic rings. The number of fused-ring (bicyclic) bond motifs is 2. The lowest BCUT2D eigenvalue weighted by Crippen LogP contribution is -2.56. The minimum atomic E-state index is -0.318. The molecular weight excluding hydrogens is 188 g/mol. The van der Waals surface area contributed by atoms with E-state index in [0.29, 0.717) is 6.61 Å². The summed E-state index contributed by atoms with van der Waals surface area (Å²) >= 11 is 0. The number of hydrogen-bond acceptors (Lipinski definition) is 5. The fourth-order valence-electron chi connectivity index (χ4n) is 2.14. The Morgan fingerprint density at radius 3 is 2.14 bits per heavy atom. The minimum absolute atomic E-state index is 0.0404. The van der Waals surface area contributed by atoms with Crippen LogP contribution in [0.1, 0.15) is 0 Å². The van der Waals surface area contributed by atoms with E-state index in [1.54, 1.807) is 21.3 Å². The fraction of sp³-hybridized carbons (Fsp3) is 1.00. The number of hydrogen-bond donors (Lipinski definition) is 0. The maximum Gasteiger partial charge on any atom is 0.187 e. The SMILES string of the molecule is CO[C@H]1[C@@H](OC)[C@H]2OC[C@@H](O2)[C@H]1OC. The van der Waals surface area contributed by atoms with Gasteiger partial charge in [-0.2, -0.15) is 0 Å². The average Bonchev–Trinajstić information content (AvgIpc) is 2.63. The van der Waals surface area contributed by atoms with E-state index < -0.39 is 0 Å². The highest BCUT2D eigenvalue weighted by atomic mass is 16.8. The Balaban J connectivity index is 2.16. The highest BCUT2D eigenvalue weighted by Crippen LogP contribution is 2.32. The molecule has 0 N–H and O–H groups in total. The lowest BCUT2D eigenvalue weighted by molar-refractivity contribution is -0.246. The Labute approximate surface area is 83.2 Å². The highest BCUT2D eigenvalue weighted by molar-refractivity contribution is 4.95. The molecule has 2 aliphatic heterocycles. The van der Waals surface area contributed by atoms with Crippen molar-refractivity contribution in [3.63, 3.8) is 0 Å². The Morgan fingerprint density at radius 2 is 1.57 bits per heavy atom. The summed E-state index contributed by atoms with van der Waals surface area (Å²) in [6.07, 6.45) is -0.827. The van der Waals surface area contributed by atoms with Crippen molar-refractivity contribution in [2.75, 3.05) is 27.9 Å². The molecule has 0 spiro atoms. The van der Waals surface area contributed by atoms with Crippen molar-refractivity contribution in [1.82, 2.24) is 0 Å². The third kappa shape index (κ3) is 1.45. The zero-order valence-corrected chi connectivity index (χ0v) is 8.64. The lowest BCUT2D eigenvalue weighted by atomic mass is 10.0. The smallest absolute Gasteiger partial charge is 0.187 e. The van der Waals surface area contributed by atoms with Crippen LogP contribution in [0.5, 0.6) is 0 Å². The zero-order valence-electron chi connectivity index (χ0n) is 8.64. The normalized spacial score (nSPS) is 46.9. The zero-order chi connectivity index (χ0) is 10.1. The molecule has 14 heavy (non-hydrogen) atoms. The summed E-state index contributed by atoms with van der Waals surface area (Å²) < 4.78 is 27.0. The molecule has 2 heterocycles. The van der Waals surface area contributed by atoms with E-state index in [4.69, 9.17) is 23.7 Å². The second kappa shape index (κ2) is 4.12. The Kier molecular flexibility index (Phi) is 3.04. The Hall–Kier alpha value is -0.200. The molecule has 2 bridgehead atoms. The van der Waals surface area contributed by atoms with Gasteiger partial charge in [0.2, 0.25) is 0 Å². The molecule has 0 aliphatic carbocycles. The van der Waals surface area contributed by atoms with Gasteiger partial charge in [0, 0.05) is 21.3 Å². The molecule has 2 fully saturated rings. The molecule has 5 heteroatoms. The van der Waals surface area contributed by atoms with Crippen LogP contribution in [0.2, 0.25) is 0 Å². The molecule has 0 aromatic carbocycles. The predicted molar refractivity (Wildman–Crippen MR) is 47.0 cm³/mol. The van der Waals surface area contributed by atoms with Gasteiger partial charge in [-0.05, 0) is 0 Å². The minimum Gasteiger partial charge on any atom is -0.376 e. The number of methoxy groups -OCH3 is 3. The van der Waals surface area contributed by atoms with Gasteiger partial charge in [0.15, 0.2) is 6.29 Å². The van der Waals surface area contributed by atoms with E-state index in [0.717, 1.165) is 0 Å². The lowest BCUT2D eigenvalue weighted by Gasteiger charge is -2.38.